The van der Waals surface area contributed by atoms with Gasteiger partial charge in [-0.05, 0) is 41.6 Å². The summed E-state index contributed by atoms with van der Waals surface area (Å²) in [6, 6.07) is 13.7. The van der Waals surface area contributed by atoms with E-state index >= 15 is 0 Å². The van der Waals surface area contributed by atoms with E-state index in [0.717, 1.165) is 14.9 Å². The van der Waals surface area contributed by atoms with Crippen LogP contribution in [0, 0.1) is 0 Å². The third-order valence-electron chi connectivity index (χ3n) is 2.80. The average molecular weight is 332 g/mol. The number of carbonyl (C=O) groups is 1. The monoisotopic (exact) mass is 332 g/mol. The Kier molecular flexibility index (Phi) is 4.48. The van der Waals surface area contributed by atoms with Crippen molar-refractivity contribution in [2.24, 2.45) is 0 Å². The first-order valence-electron chi connectivity index (χ1n) is 6.22. The van der Waals surface area contributed by atoms with Gasteiger partial charge in [-0.25, -0.2) is 4.68 Å². The number of thiophene rings is 1. The summed E-state index contributed by atoms with van der Waals surface area (Å²) in [6.45, 7) is 0. The van der Waals surface area contributed by atoms with Crippen molar-refractivity contribution >= 4 is 40.0 Å². The lowest BCUT2D eigenvalue weighted by molar-refractivity contribution is 0.108. The van der Waals surface area contributed by atoms with Crippen molar-refractivity contribution in [2.75, 3.05) is 6.26 Å². The minimum absolute atomic E-state index is 0.0315. The second-order valence-electron chi connectivity index (χ2n) is 4.15. The van der Waals surface area contributed by atoms with Crippen molar-refractivity contribution in [1.82, 2.24) is 9.78 Å². The van der Waals surface area contributed by atoms with E-state index in [1.54, 1.807) is 16.0 Å². The Bertz CT molecular complexity index is 736. The molecule has 0 amide bonds. The minimum Gasteiger partial charge on any atom is -0.281 e. The van der Waals surface area contributed by atoms with E-state index in [-0.39, 0.29) is 5.12 Å². The van der Waals surface area contributed by atoms with Crippen LogP contribution in [0.2, 0.25) is 0 Å². The maximum Gasteiger partial charge on any atom is 0.229 e. The lowest BCUT2D eigenvalue weighted by Crippen LogP contribution is -1.93. The van der Waals surface area contributed by atoms with E-state index in [2.05, 4.69) is 5.10 Å². The lowest BCUT2D eigenvalue weighted by atomic mass is 10.3. The molecule has 0 aliphatic carbocycles. The van der Waals surface area contributed by atoms with Gasteiger partial charge in [0.25, 0.3) is 0 Å². The molecule has 2 aromatic heterocycles. The Morgan fingerprint density at radius 1 is 1.19 bits per heavy atom. The molecular formula is C15H12N2OS3. The molecule has 0 radical (unpaired) electrons. The first-order valence-corrected chi connectivity index (χ1v) is 9.15. The van der Waals surface area contributed by atoms with Crippen LogP contribution in [0.15, 0.2) is 63.3 Å². The highest BCUT2D eigenvalue weighted by atomic mass is 32.2. The smallest absolute Gasteiger partial charge is 0.229 e. The van der Waals surface area contributed by atoms with Crippen LogP contribution in [0.4, 0.5) is 0 Å². The summed E-state index contributed by atoms with van der Waals surface area (Å²) in [5.41, 5.74) is 1.61. The normalized spacial score (nSPS) is 10.7. The maximum absolute atomic E-state index is 12.4. The number of rotatable bonds is 4. The van der Waals surface area contributed by atoms with Gasteiger partial charge in [-0.2, -0.15) is 5.10 Å². The van der Waals surface area contributed by atoms with Crippen molar-refractivity contribution in [3.63, 3.8) is 0 Å². The lowest BCUT2D eigenvalue weighted by Gasteiger charge is -1.98. The van der Waals surface area contributed by atoms with Crippen LogP contribution in [0.5, 0.6) is 0 Å². The second-order valence-corrected chi connectivity index (χ2v) is 7.17. The fourth-order valence-electron chi connectivity index (χ4n) is 1.83. The van der Waals surface area contributed by atoms with Gasteiger partial charge in [0.05, 0.1) is 15.5 Å². The molecule has 0 N–H and O–H groups in total. The number of thioether (sulfide) groups is 2. The molecular weight excluding hydrogens is 320 g/mol. The number of nitrogens with zero attached hydrogens (tertiary/aromatic N) is 2. The predicted octanol–water partition coefficient (Wildman–Crippen LogP) is 4.59. The van der Waals surface area contributed by atoms with Gasteiger partial charge in [-0.1, -0.05) is 24.3 Å². The predicted molar refractivity (Wildman–Crippen MR) is 89.9 cm³/mol. The fraction of sp³-hybridized carbons (Fsp3) is 0.0667. The summed E-state index contributed by atoms with van der Waals surface area (Å²) < 4.78 is 2.76. The zero-order valence-corrected chi connectivity index (χ0v) is 13.7. The molecule has 0 aliphatic rings. The molecule has 106 valence electrons. The van der Waals surface area contributed by atoms with Gasteiger partial charge < -0.3 is 0 Å². The van der Waals surface area contributed by atoms with Crippen LogP contribution in [0.1, 0.15) is 10.4 Å². The Hall–Kier alpha value is -1.50. The van der Waals surface area contributed by atoms with Gasteiger partial charge in [0.15, 0.2) is 0 Å². The molecule has 0 saturated heterocycles. The summed E-state index contributed by atoms with van der Waals surface area (Å²) >= 11 is 4.31. The molecule has 2 heterocycles. The van der Waals surface area contributed by atoms with Crippen LogP contribution in [0.25, 0.3) is 5.69 Å². The molecule has 0 saturated carbocycles. The SMILES string of the molecule is CSc1nn(-c2ccccc2)cc1C(=O)Sc1cccs1. The highest BCUT2D eigenvalue weighted by molar-refractivity contribution is 8.15. The fourth-order valence-corrected chi connectivity index (χ4v) is 4.05. The van der Waals surface area contributed by atoms with Crippen LogP contribution in [0.3, 0.4) is 0 Å². The molecule has 3 nitrogen and oxygen atoms in total. The Balaban J connectivity index is 1.91. The second kappa shape index (κ2) is 6.51. The van der Waals surface area contributed by atoms with Crippen molar-refractivity contribution < 1.29 is 4.79 Å². The number of para-hydroxylation sites is 1. The Labute approximate surface area is 135 Å². The number of hydrogen-bond donors (Lipinski definition) is 0. The summed E-state index contributed by atoms with van der Waals surface area (Å²) in [4.78, 5) is 12.4. The van der Waals surface area contributed by atoms with Crippen LogP contribution >= 0.6 is 34.9 Å². The molecule has 0 unspecified atom stereocenters. The maximum atomic E-state index is 12.4. The molecule has 3 rings (SSSR count). The highest BCUT2D eigenvalue weighted by Gasteiger charge is 2.18. The van der Waals surface area contributed by atoms with E-state index in [0.29, 0.717) is 5.56 Å². The number of hydrogen-bond acceptors (Lipinski definition) is 5. The minimum atomic E-state index is 0.0315. The summed E-state index contributed by atoms with van der Waals surface area (Å²) in [5, 5.41) is 7.26. The number of carbonyl (C=O) groups excluding carboxylic acids is 1. The van der Waals surface area contributed by atoms with Crippen molar-refractivity contribution in [1.29, 1.82) is 0 Å². The zero-order valence-electron chi connectivity index (χ0n) is 11.2. The van der Waals surface area contributed by atoms with E-state index in [9.17, 15) is 4.79 Å². The first-order chi connectivity index (χ1) is 10.3. The highest BCUT2D eigenvalue weighted by Crippen LogP contribution is 2.30. The molecule has 0 spiro atoms. The van der Waals surface area contributed by atoms with Crippen LogP contribution < -0.4 is 0 Å². The van der Waals surface area contributed by atoms with E-state index in [4.69, 9.17) is 0 Å². The molecule has 0 atom stereocenters. The van der Waals surface area contributed by atoms with E-state index in [1.807, 2.05) is 60.3 Å². The average Bonchev–Trinajstić information content (AvgIpc) is 3.17. The summed E-state index contributed by atoms with van der Waals surface area (Å²) in [5.74, 6) is 0. The topological polar surface area (TPSA) is 34.9 Å². The standard InChI is InChI=1S/C15H12N2OS3/c1-19-14-12(15(18)21-13-8-5-9-20-13)10-17(16-14)11-6-3-2-4-7-11/h2-10H,1H3. The van der Waals surface area contributed by atoms with E-state index < -0.39 is 0 Å². The van der Waals surface area contributed by atoms with Crippen LogP contribution in [-0.4, -0.2) is 21.2 Å². The van der Waals surface area contributed by atoms with E-state index in [1.165, 1.54) is 23.5 Å². The molecule has 3 aromatic rings. The summed E-state index contributed by atoms with van der Waals surface area (Å²) in [6.07, 6.45) is 3.74. The van der Waals surface area contributed by atoms with Gasteiger partial charge in [0.2, 0.25) is 5.12 Å². The van der Waals surface area contributed by atoms with Gasteiger partial charge in [0.1, 0.15) is 5.03 Å². The Morgan fingerprint density at radius 3 is 2.67 bits per heavy atom. The molecule has 6 heteroatoms. The van der Waals surface area contributed by atoms with Crippen LogP contribution in [-0.2, 0) is 0 Å². The first kappa shape index (κ1) is 14.4. The third-order valence-corrected chi connectivity index (χ3v) is 5.43. The Morgan fingerprint density at radius 2 is 2.00 bits per heavy atom. The molecule has 0 fully saturated rings. The van der Waals surface area contributed by atoms with Gasteiger partial charge >= 0.3 is 0 Å². The molecule has 21 heavy (non-hydrogen) atoms. The van der Waals surface area contributed by atoms with Crippen molar-refractivity contribution in [3.05, 3.63) is 59.6 Å². The molecule has 0 bridgehead atoms. The quantitative estimate of drug-likeness (QED) is 0.655. The molecule has 0 aliphatic heterocycles. The van der Waals surface area contributed by atoms with Gasteiger partial charge in [0, 0.05) is 6.20 Å². The van der Waals surface area contributed by atoms with Gasteiger partial charge in [-0.3, -0.25) is 4.79 Å². The molecule has 1 aromatic carbocycles. The van der Waals surface area contributed by atoms with Crippen molar-refractivity contribution in [2.45, 2.75) is 9.24 Å². The zero-order chi connectivity index (χ0) is 14.7. The largest absolute Gasteiger partial charge is 0.281 e. The van der Waals surface area contributed by atoms with Gasteiger partial charge in [-0.15, -0.1) is 23.1 Å². The third kappa shape index (κ3) is 3.23. The number of benzene rings is 1. The number of aromatic nitrogens is 2. The summed E-state index contributed by atoms with van der Waals surface area (Å²) in [7, 11) is 0. The van der Waals surface area contributed by atoms with Crippen molar-refractivity contribution in [3.8, 4) is 5.69 Å².